The number of hydrogen-bond donors (Lipinski definition) is 0. The Balaban J connectivity index is 1.68. The lowest BCUT2D eigenvalue weighted by molar-refractivity contribution is 0.0969. The molecule has 4 nitrogen and oxygen atoms in total. The Morgan fingerprint density at radius 1 is 0.897 bits per heavy atom. The summed E-state index contributed by atoms with van der Waals surface area (Å²) in [6.07, 6.45) is 3.28. The van der Waals surface area contributed by atoms with Crippen molar-refractivity contribution in [3.05, 3.63) is 107 Å². The number of carbonyl (C=O) groups is 2. The summed E-state index contributed by atoms with van der Waals surface area (Å²) in [4.78, 5) is 30.2. The van der Waals surface area contributed by atoms with Crippen LogP contribution in [0.15, 0.2) is 84.9 Å². The first kappa shape index (κ1) is 18.6. The molecule has 0 fully saturated rings. The van der Waals surface area contributed by atoms with Crippen molar-refractivity contribution in [3.63, 3.8) is 0 Å². The molecule has 4 aromatic rings. The van der Waals surface area contributed by atoms with Gasteiger partial charge in [0.2, 0.25) is 5.78 Å². The van der Waals surface area contributed by atoms with Crippen LogP contribution in [0, 0.1) is 6.92 Å². The van der Waals surface area contributed by atoms with Gasteiger partial charge in [0.1, 0.15) is 0 Å². The van der Waals surface area contributed by atoms with Gasteiger partial charge in [-0.1, -0.05) is 78.4 Å². The molecule has 29 heavy (non-hydrogen) atoms. The highest BCUT2D eigenvalue weighted by Gasteiger charge is 2.18. The third kappa shape index (κ3) is 4.06. The van der Waals surface area contributed by atoms with Gasteiger partial charge in [-0.2, -0.15) is 0 Å². The summed E-state index contributed by atoms with van der Waals surface area (Å²) >= 11 is 0. The molecule has 3 aromatic carbocycles. The quantitative estimate of drug-likeness (QED) is 0.344. The van der Waals surface area contributed by atoms with Gasteiger partial charge in [0.25, 0.3) is 0 Å². The highest BCUT2D eigenvalue weighted by Crippen LogP contribution is 2.18. The molecule has 0 aliphatic carbocycles. The number of imidazole rings is 1. The van der Waals surface area contributed by atoms with Crippen LogP contribution in [-0.4, -0.2) is 21.1 Å². The summed E-state index contributed by atoms with van der Waals surface area (Å²) in [5.74, 6) is -0.0354. The summed E-state index contributed by atoms with van der Waals surface area (Å²) in [6, 6.07) is 24.5. The van der Waals surface area contributed by atoms with Gasteiger partial charge in [-0.25, -0.2) is 4.98 Å². The first-order valence-corrected chi connectivity index (χ1v) is 9.44. The molecule has 0 aliphatic heterocycles. The van der Waals surface area contributed by atoms with E-state index in [1.54, 1.807) is 22.8 Å². The summed E-state index contributed by atoms with van der Waals surface area (Å²) in [7, 11) is 0. The molecule has 0 saturated carbocycles. The number of aromatic nitrogens is 2. The summed E-state index contributed by atoms with van der Waals surface area (Å²) in [5, 5.41) is 0. The standard InChI is InChI=1S/C25H20N2O2/c1-18-11-13-19(14-12-18)15-16-23(28)25-26-21-9-5-6-10-22(21)27(25)17-24(29)20-7-3-2-4-8-20/h2-16H,17H2,1H3/b16-15+. The number of allylic oxidation sites excluding steroid dienone is 1. The van der Waals surface area contributed by atoms with Gasteiger partial charge in [-0.05, 0) is 30.7 Å². The molecule has 142 valence electrons. The molecule has 1 aromatic heterocycles. The lowest BCUT2D eigenvalue weighted by Gasteiger charge is -2.07. The second kappa shape index (κ2) is 8.07. The zero-order valence-electron chi connectivity index (χ0n) is 16.1. The van der Waals surface area contributed by atoms with E-state index < -0.39 is 0 Å². The number of benzene rings is 3. The number of nitrogens with zero attached hydrogens (tertiary/aromatic N) is 2. The number of Topliss-reactive ketones (excluding diaryl/α,β-unsaturated/α-hetero) is 1. The van der Waals surface area contributed by atoms with Gasteiger partial charge < -0.3 is 4.57 Å². The molecule has 0 atom stereocenters. The number of hydrogen-bond acceptors (Lipinski definition) is 3. The minimum Gasteiger partial charge on any atom is -0.313 e. The Hall–Kier alpha value is -3.79. The van der Waals surface area contributed by atoms with Crippen molar-refractivity contribution in [1.29, 1.82) is 0 Å². The number of ketones is 2. The van der Waals surface area contributed by atoms with Crippen LogP contribution < -0.4 is 0 Å². The number of fused-ring (bicyclic) bond motifs is 1. The van der Waals surface area contributed by atoms with Crippen molar-refractivity contribution in [1.82, 2.24) is 9.55 Å². The molecule has 4 rings (SSSR count). The predicted molar refractivity (Wildman–Crippen MR) is 115 cm³/mol. The van der Waals surface area contributed by atoms with Gasteiger partial charge in [0.15, 0.2) is 11.6 Å². The van der Waals surface area contributed by atoms with Crippen molar-refractivity contribution < 1.29 is 9.59 Å². The Kier molecular flexibility index (Phi) is 5.16. The van der Waals surface area contributed by atoms with Crippen LogP contribution in [0.4, 0.5) is 0 Å². The van der Waals surface area contributed by atoms with Gasteiger partial charge in [-0.3, -0.25) is 9.59 Å². The maximum atomic E-state index is 12.9. The maximum absolute atomic E-state index is 12.9. The fraction of sp³-hybridized carbons (Fsp3) is 0.0800. The van der Waals surface area contributed by atoms with E-state index >= 15 is 0 Å². The van der Waals surface area contributed by atoms with E-state index in [2.05, 4.69) is 4.98 Å². The first-order valence-electron chi connectivity index (χ1n) is 9.44. The lowest BCUT2D eigenvalue weighted by atomic mass is 10.1. The van der Waals surface area contributed by atoms with E-state index in [1.807, 2.05) is 73.7 Å². The van der Waals surface area contributed by atoms with Gasteiger partial charge in [0, 0.05) is 5.56 Å². The molecule has 0 amide bonds. The minimum atomic E-state index is -0.234. The van der Waals surface area contributed by atoms with Gasteiger partial charge >= 0.3 is 0 Å². The molecule has 0 radical (unpaired) electrons. The van der Waals surface area contributed by atoms with E-state index in [9.17, 15) is 9.59 Å². The Morgan fingerprint density at radius 2 is 1.59 bits per heavy atom. The van der Waals surface area contributed by atoms with Crippen LogP contribution in [0.2, 0.25) is 0 Å². The monoisotopic (exact) mass is 380 g/mol. The number of carbonyl (C=O) groups excluding carboxylic acids is 2. The van der Waals surface area contributed by atoms with E-state index in [1.165, 1.54) is 6.08 Å². The second-order valence-electron chi connectivity index (χ2n) is 6.91. The third-order valence-corrected chi connectivity index (χ3v) is 4.78. The Morgan fingerprint density at radius 3 is 2.34 bits per heavy atom. The van der Waals surface area contributed by atoms with Crippen LogP contribution in [0.1, 0.15) is 32.1 Å². The topological polar surface area (TPSA) is 52.0 Å². The molecular weight excluding hydrogens is 360 g/mol. The number of rotatable bonds is 6. The molecule has 0 aliphatic rings. The zero-order valence-corrected chi connectivity index (χ0v) is 16.1. The molecule has 4 heteroatoms. The third-order valence-electron chi connectivity index (χ3n) is 4.78. The molecular formula is C25H20N2O2. The van der Waals surface area contributed by atoms with E-state index in [-0.39, 0.29) is 23.9 Å². The highest BCUT2D eigenvalue weighted by atomic mass is 16.1. The molecule has 0 spiro atoms. The maximum Gasteiger partial charge on any atom is 0.221 e. The fourth-order valence-electron chi connectivity index (χ4n) is 3.21. The largest absolute Gasteiger partial charge is 0.313 e. The summed E-state index contributed by atoms with van der Waals surface area (Å²) in [5.41, 5.74) is 4.17. The number of aryl methyl sites for hydroxylation is 1. The highest BCUT2D eigenvalue weighted by molar-refractivity contribution is 6.07. The SMILES string of the molecule is Cc1ccc(/C=C/C(=O)c2nc3ccccc3n2CC(=O)c2ccccc2)cc1. The summed E-state index contributed by atoms with van der Waals surface area (Å²) in [6.45, 7) is 2.08. The second-order valence-corrected chi connectivity index (χ2v) is 6.91. The Labute approximate surface area is 169 Å². The van der Waals surface area contributed by atoms with Crippen LogP contribution in [-0.2, 0) is 6.54 Å². The average molecular weight is 380 g/mol. The van der Waals surface area contributed by atoms with Crippen molar-refractivity contribution in [2.75, 3.05) is 0 Å². The molecule has 0 bridgehead atoms. The van der Waals surface area contributed by atoms with E-state index in [4.69, 9.17) is 0 Å². The van der Waals surface area contributed by atoms with Gasteiger partial charge in [-0.15, -0.1) is 0 Å². The smallest absolute Gasteiger partial charge is 0.221 e. The normalized spacial score (nSPS) is 11.2. The van der Waals surface area contributed by atoms with Crippen molar-refractivity contribution in [3.8, 4) is 0 Å². The molecule has 1 heterocycles. The van der Waals surface area contributed by atoms with Crippen LogP contribution in [0.3, 0.4) is 0 Å². The first-order chi connectivity index (χ1) is 14.1. The van der Waals surface area contributed by atoms with Crippen molar-refractivity contribution in [2.45, 2.75) is 13.5 Å². The van der Waals surface area contributed by atoms with Crippen molar-refractivity contribution >= 4 is 28.7 Å². The fourth-order valence-corrected chi connectivity index (χ4v) is 3.21. The number of para-hydroxylation sites is 2. The Bertz CT molecular complexity index is 1200. The minimum absolute atomic E-state index is 0.0595. The molecule has 0 unspecified atom stereocenters. The molecule has 0 saturated heterocycles. The predicted octanol–water partition coefficient (Wildman–Crippen LogP) is 5.12. The van der Waals surface area contributed by atoms with Crippen LogP contribution in [0.25, 0.3) is 17.1 Å². The van der Waals surface area contributed by atoms with Crippen LogP contribution in [0.5, 0.6) is 0 Å². The zero-order chi connectivity index (χ0) is 20.2. The molecule has 0 N–H and O–H groups in total. The average Bonchev–Trinajstić information content (AvgIpc) is 3.12. The van der Waals surface area contributed by atoms with Gasteiger partial charge in [0.05, 0.1) is 17.6 Å². The van der Waals surface area contributed by atoms with Crippen LogP contribution >= 0.6 is 0 Å². The van der Waals surface area contributed by atoms with E-state index in [0.29, 0.717) is 11.1 Å². The summed E-state index contributed by atoms with van der Waals surface area (Å²) < 4.78 is 1.70. The van der Waals surface area contributed by atoms with Crippen molar-refractivity contribution in [2.24, 2.45) is 0 Å². The van der Waals surface area contributed by atoms with E-state index in [0.717, 1.165) is 16.6 Å². The lowest BCUT2D eigenvalue weighted by Crippen LogP contribution is -2.15.